The van der Waals surface area contributed by atoms with Crippen LogP contribution >= 0.6 is 11.8 Å². The van der Waals surface area contributed by atoms with Crippen LogP contribution in [0.25, 0.3) is 0 Å². The fraction of sp³-hybridized carbons (Fsp3) is 0.571. The Morgan fingerprint density at radius 3 is 2.41 bits per heavy atom. The first-order valence-corrected chi connectivity index (χ1v) is 7.21. The van der Waals surface area contributed by atoms with Gasteiger partial charge in [0.25, 0.3) is 0 Å². The summed E-state index contributed by atoms with van der Waals surface area (Å²) in [4.78, 5) is 1.13. The molecule has 2 atom stereocenters. The Bertz CT molecular complexity index is 313. The molecule has 1 aromatic carbocycles. The first-order valence-electron chi connectivity index (χ1n) is 6.33. The van der Waals surface area contributed by atoms with Gasteiger partial charge >= 0.3 is 0 Å². The summed E-state index contributed by atoms with van der Waals surface area (Å²) >= 11 is 1.81. The van der Waals surface area contributed by atoms with Crippen molar-refractivity contribution in [2.45, 2.75) is 49.8 Å². The number of halogens is 1. The molecule has 2 unspecified atom stereocenters. The number of hydrogen-bond donors (Lipinski definition) is 1. The first kappa shape index (κ1) is 14.5. The molecule has 1 nitrogen and oxygen atoms in total. The molecule has 96 valence electrons. The smallest absolute Gasteiger partial charge is 0.123 e. The summed E-state index contributed by atoms with van der Waals surface area (Å²) in [6, 6.07) is 7.27. The van der Waals surface area contributed by atoms with E-state index in [1.165, 1.54) is 12.1 Å². The number of benzene rings is 1. The van der Waals surface area contributed by atoms with Gasteiger partial charge in [-0.25, -0.2) is 4.39 Å². The van der Waals surface area contributed by atoms with Crippen molar-refractivity contribution in [1.82, 2.24) is 5.32 Å². The number of hydrogen-bond acceptors (Lipinski definition) is 2. The van der Waals surface area contributed by atoms with Crippen molar-refractivity contribution in [1.29, 1.82) is 0 Å². The molecule has 0 spiro atoms. The molecule has 3 heteroatoms. The molecule has 0 aliphatic rings. The predicted octanol–water partition coefficient (Wildman–Crippen LogP) is 4.08. The second-order valence-electron chi connectivity index (χ2n) is 4.25. The molecule has 0 amide bonds. The van der Waals surface area contributed by atoms with Gasteiger partial charge in [0, 0.05) is 16.2 Å². The summed E-state index contributed by atoms with van der Waals surface area (Å²) in [5.41, 5.74) is 0. The van der Waals surface area contributed by atoms with E-state index in [9.17, 15) is 4.39 Å². The van der Waals surface area contributed by atoms with Gasteiger partial charge in [-0.3, -0.25) is 0 Å². The molecule has 0 radical (unpaired) electrons. The van der Waals surface area contributed by atoms with Gasteiger partial charge in [-0.05, 0) is 43.7 Å². The van der Waals surface area contributed by atoms with Crippen LogP contribution in [0.5, 0.6) is 0 Å². The minimum absolute atomic E-state index is 0.168. The molecule has 0 saturated heterocycles. The van der Waals surface area contributed by atoms with Gasteiger partial charge in [0.1, 0.15) is 5.82 Å². The monoisotopic (exact) mass is 255 g/mol. The summed E-state index contributed by atoms with van der Waals surface area (Å²) < 4.78 is 12.8. The van der Waals surface area contributed by atoms with Crippen LogP contribution in [0.2, 0.25) is 0 Å². The van der Waals surface area contributed by atoms with E-state index in [4.69, 9.17) is 0 Å². The first-order chi connectivity index (χ1) is 8.17. The van der Waals surface area contributed by atoms with Gasteiger partial charge in [0.2, 0.25) is 0 Å². The molecular formula is C14H22FNS. The quantitative estimate of drug-likeness (QED) is 0.737. The van der Waals surface area contributed by atoms with Crippen molar-refractivity contribution >= 4 is 11.8 Å². The van der Waals surface area contributed by atoms with Crippen LogP contribution in [0.4, 0.5) is 4.39 Å². The van der Waals surface area contributed by atoms with Crippen LogP contribution in [0.3, 0.4) is 0 Å². The third-order valence-electron chi connectivity index (χ3n) is 2.80. The zero-order valence-corrected chi connectivity index (χ0v) is 11.7. The highest BCUT2D eigenvalue weighted by molar-refractivity contribution is 8.00. The summed E-state index contributed by atoms with van der Waals surface area (Å²) in [5, 5.41) is 4.05. The Kier molecular flexibility index (Phi) is 6.60. The van der Waals surface area contributed by atoms with Crippen molar-refractivity contribution in [2.24, 2.45) is 0 Å². The lowest BCUT2D eigenvalue weighted by atomic mass is 10.1. The average Bonchev–Trinajstić information content (AvgIpc) is 2.33. The van der Waals surface area contributed by atoms with Crippen LogP contribution < -0.4 is 5.32 Å². The van der Waals surface area contributed by atoms with Crippen molar-refractivity contribution < 1.29 is 4.39 Å². The van der Waals surface area contributed by atoms with Gasteiger partial charge in [0.15, 0.2) is 0 Å². The number of thioether (sulfide) groups is 1. The Labute approximate surface area is 108 Å². The SMILES string of the molecule is CCCNC(CC)C(C)Sc1ccc(F)cc1. The average molecular weight is 255 g/mol. The highest BCUT2D eigenvalue weighted by Crippen LogP contribution is 2.26. The third-order valence-corrected chi connectivity index (χ3v) is 4.04. The second-order valence-corrected chi connectivity index (χ2v) is 5.70. The van der Waals surface area contributed by atoms with Crippen molar-refractivity contribution in [2.75, 3.05) is 6.54 Å². The lowest BCUT2D eigenvalue weighted by molar-refractivity contribution is 0.494. The fourth-order valence-corrected chi connectivity index (χ4v) is 2.96. The summed E-state index contributed by atoms with van der Waals surface area (Å²) in [6.07, 6.45) is 2.28. The maximum absolute atomic E-state index is 12.8. The van der Waals surface area contributed by atoms with Gasteiger partial charge in [-0.15, -0.1) is 11.8 Å². The van der Waals surface area contributed by atoms with Gasteiger partial charge < -0.3 is 5.32 Å². The highest BCUT2D eigenvalue weighted by atomic mass is 32.2. The van der Waals surface area contributed by atoms with E-state index in [-0.39, 0.29) is 5.82 Å². The van der Waals surface area contributed by atoms with Gasteiger partial charge in [0.05, 0.1) is 0 Å². The van der Waals surface area contributed by atoms with E-state index < -0.39 is 0 Å². The summed E-state index contributed by atoms with van der Waals surface area (Å²) in [5.74, 6) is -0.168. The molecule has 0 heterocycles. The summed E-state index contributed by atoms with van der Waals surface area (Å²) in [6.45, 7) is 7.67. The minimum atomic E-state index is -0.168. The Balaban J connectivity index is 2.51. The third kappa shape index (κ3) is 5.09. The number of nitrogens with one attached hydrogen (secondary N) is 1. The highest BCUT2D eigenvalue weighted by Gasteiger charge is 2.15. The molecule has 1 aromatic rings. The molecule has 0 bridgehead atoms. The molecule has 1 rings (SSSR count). The van der Waals surface area contributed by atoms with E-state index in [0.29, 0.717) is 11.3 Å². The van der Waals surface area contributed by atoms with Crippen molar-refractivity contribution in [3.63, 3.8) is 0 Å². The molecule has 17 heavy (non-hydrogen) atoms. The van der Waals surface area contributed by atoms with E-state index in [1.807, 2.05) is 12.1 Å². The Morgan fingerprint density at radius 2 is 1.88 bits per heavy atom. The van der Waals surface area contributed by atoms with E-state index in [1.54, 1.807) is 11.8 Å². The van der Waals surface area contributed by atoms with E-state index in [2.05, 4.69) is 26.1 Å². The molecule has 0 aliphatic heterocycles. The Morgan fingerprint density at radius 1 is 1.24 bits per heavy atom. The van der Waals surface area contributed by atoms with E-state index in [0.717, 1.165) is 24.3 Å². The maximum atomic E-state index is 12.8. The van der Waals surface area contributed by atoms with E-state index >= 15 is 0 Å². The topological polar surface area (TPSA) is 12.0 Å². The molecule has 1 N–H and O–H groups in total. The molecule has 0 aromatic heterocycles. The lowest BCUT2D eigenvalue weighted by Gasteiger charge is -2.23. The standard InChI is InChI=1S/C14H22FNS/c1-4-10-16-14(5-2)11(3)17-13-8-6-12(15)7-9-13/h6-9,11,14,16H,4-5,10H2,1-3H3. The molecule has 0 saturated carbocycles. The normalized spacial score (nSPS) is 14.6. The van der Waals surface area contributed by atoms with Gasteiger partial charge in [-0.2, -0.15) is 0 Å². The van der Waals surface area contributed by atoms with Crippen LogP contribution in [0, 0.1) is 5.82 Å². The van der Waals surface area contributed by atoms with Crippen LogP contribution in [-0.4, -0.2) is 17.8 Å². The van der Waals surface area contributed by atoms with Crippen LogP contribution in [-0.2, 0) is 0 Å². The second kappa shape index (κ2) is 7.72. The van der Waals surface area contributed by atoms with Gasteiger partial charge in [-0.1, -0.05) is 20.8 Å². The zero-order chi connectivity index (χ0) is 12.7. The molecule has 0 aliphatic carbocycles. The van der Waals surface area contributed by atoms with Crippen LogP contribution in [0.1, 0.15) is 33.6 Å². The predicted molar refractivity (Wildman–Crippen MR) is 74.1 cm³/mol. The Hall–Kier alpha value is -0.540. The minimum Gasteiger partial charge on any atom is -0.313 e. The number of rotatable bonds is 7. The fourth-order valence-electron chi connectivity index (χ4n) is 1.78. The summed E-state index contributed by atoms with van der Waals surface area (Å²) in [7, 11) is 0. The van der Waals surface area contributed by atoms with Crippen molar-refractivity contribution in [3.8, 4) is 0 Å². The zero-order valence-electron chi connectivity index (χ0n) is 10.9. The largest absolute Gasteiger partial charge is 0.313 e. The van der Waals surface area contributed by atoms with Crippen molar-refractivity contribution in [3.05, 3.63) is 30.1 Å². The maximum Gasteiger partial charge on any atom is 0.123 e. The van der Waals surface area contributed by atoms with Crippen LogP contribution in [0.15, 0.2) is 29.2 Å². The molecule has 0 fully saturated rings. The lowest BCUT2D eigenvalue weighted by Crippen LogP contribution is -2.36. The molecular weight excluding hydrogens is 233 g/mol.